The quantitative estimate of drug-likeness (QED) is 0.714. The van der Waals surface area contributed by atoms with Gasteiger partial charge in [-0.25, -0.2) is 0 Å². The van der Waals surface area contributed by atoms with Crippen LogP contribution in [0.3, 0.4) is 0 Å². The number of aryl methyl sites for hydroxylation is 1. The van der Waals surface area contributed by atoms with Crippen molar-refractivity contribution in [2.24, 2.45) is 0 Å². The highest BCUT2D eigenvalue weighted by atomic mass is 16.3. The van der Waals surface area contributed by atoms with E-state index >= 15 is 0 Å². The Morgan fingerprint density at radius 2 is 2.50 bits per heavy atom. The van der Waals surface area contributed by atoms with E-state index in [0.29, 0.717) is 25.8 Å². The summed E-state index contributed by atoms with van der Waals surface area (Å²) in [7, 11) is 0. The molecule has 1 aromatic rings. The third kappa shape index (κ3) is 3.76. The maximum absolute atomic E-state index is 11.2. The number of hydrogen-bond acceptors (Lipinski definition) is 3. The normalized spacial score (nSPS) is 9.36. The second-order valence-corrected chi connectivity index (χ2v) is 2.84. The zero-order valence-electron chi connectivity index (χ0n) is 7.82. The molecule has 0 saturated carbocycles. The lowest BCUT2D eigenvalue weighted by atomic mass is 10.2. The molecule has 4 nitrogen and oxygen atoms in total. The van der Waals surface area contributed by atoms with Crippen LogP contribution in [0.25, 0.3) is 0 Å². The van der Waals surface area contributed by atoms with Crippen LogP contribution in [0.15, 0.2) is 22.8 Å². The molecule has 0 bridgehead atoms. The summed E-state index contributed by atoms with van der Waals surface area (Å²) in [5.74, 6) is 0.761. The van der Waals surface area contributed by atoms with Crippen molar-refractivity contribution in [3.05, 3.63) is 24.2 Å². The molecule has 1 amide bonds. The molecule has 1 N–H and O–H groups in total. The number of nitrogens with one attached hydrogen (secondary N) is 1. The van der Waals surface area contributed by atoms with Crippen LogP contribution in [0.4, 0.5) is 0 Å². The number of nitrogens with zero attached hydrogens (tertiary/aromatic N) is 1. The molecule has 0 spiro atoms. The average molecular weight is 192 g/mol. The Bertz CT molecular complexity index is 311. The second kappa shape index (κ2) is 5.81. The minimum atomic E-state index is -0.0448. The number of amides is 1. The minimum Gasteiger partial charge on any atom is -0.469 e. The molecule has 4 heteroatoms. The Morgan fingerprint density at radius 3 is 3.14 bits per heavy atom. The second-order valence-electron chi connectivity index (χ2n) is 2.84. The smallest absolute Gasteiger partial charge is 0.220 e. The van der Waals surface area contributed by atoms with Gasteiger partial charge in [-0.2, -0.15) is 5.26 Å². The molecule has 0 aromatic carbocycles. The van der Waals surface area contributed by atoms with Crippen LogP contribution in [0.5, 0.6) is 0 Å². The van der Waals surface area contributed by atoms with Crippen molar-refractivity contribution >= 4 is 5.91 Å². The Hall–Kier alpha value is -1.76. The van der Waals surface area contributed by atoms with Gasteiger partial charge in [-0.15, -0.1) is 0 Å². The van der Waals surface area contributed by atoms with E-state index in [1.165, 1.54) is 0 Å². The Labute approximate surface area is 82.5 Å². The Kier molecular flexibility index (Phi) is 4.29. The fourth-order valence-electron chi connectivity index (χ4n) is 1.04. The van der Waals surface area contributed by atoms with Crippen LogP contribution < -0.4 is 5.32 Å². The first-order valence-electron chi connectivity index (χ1n) is 4.49. The van der Waals surface area contributed by atoms with Gasteiger partial charge in [0.25, 0.3) is 0 Å². The first-order valence-corrected chi connectivity index (χ1v) is 4.49. The molecule has 0 aliphatic heterocycles. The van der Waals surface area contributed by atoms with Crippen molar-refractivity contribution in [3.8, 4) is 6.07 Å². The van der Waals surface area contributed by atoms with Crippen molar-refractivity contribution in [2.45, 2.75) is 19.3 Å². The first kappa shape index (κ1) is 10.3. The van der Waals surface area contributed by atoms with E-state index in [0.717, 1.165) is 5.76 Å². The van der Waals surface area contributed by atoms with Crippen LogP contribution in [0, 0.1) is 11.3 Å². The van der Waals surface area contributed by atoms with Crippen molar-refractivity contribution in [2.75, 3.05) is 6.54 Å². The predicted molar refractivity (Wildman–Crippen MR) is 50.3 cm³/mol. The third-order valence-electron chi connectivity index (χ3n) is 1.74. The number of furan rings is 1. The number of rotatable bonds is 5. The Morgan fingerprint density at radius 1 is 1.64 bits per heavy atom. The van der Waals surface area contributed by atoms with Gasteiger partial charge in [0.05, 0.1) is 18.8 Å². The zero-order chi connectivity index (χ0) is 10.2. The van der Waals surface area contributed by atoms with Gasteiger partial charge in [0.15, 0.2) is 0 Å². The number of carbonyl (C=O) groups is 1. The summed E-state index contributed by atoms with van der Waals surface area (Å²) >= 11 is 0. The topological polar surface area (TPSA) is 66.0 Å². The molecule has 0 aliphatic rings. The molecule has 74 valence electrons. The van der Waals surface area contributed by atoms with E-state index in [4.69, 9.17) is 9.68 Å². The SMILES string of the molecule is N#CCCNC(=O)CCc1ccco1. The van der Waals surface area contributed by atoms with Gasteiger partial charge in [-0.1, -0.05) is 0 Å². The van der Waals surface area contributed by atoms with Crippen molar-refractivity contribution in [1.29, 1.82) is 5.26 Å². The van der Waals surface area contributed by atoms with Crippen LogP contribution >= 0.6 is 0 Å². The van der Waals surface area contributed by atoms with E-state index in [9.17, 15) is 4.79 Å². The maximum Gasteiger partial charge on any atom is 0.220 e. The van der Waals surface area contributed by atoms with Gasteiger partial charge in [-0.05, 0) is 12.1 Å². The zero-order valence-corrected chi connectivity index (χ0v) is 7.82. The van der Waals surface area contributed by atoms with Crippen LogP contribution in [0.2, 0.25) is 0 Å². The summed E-state index contributed by atoms with van der Waals surface area (Å²) in [4.78, 5) is 11.2. The van der Waals surface area contributed by atoms with Gasteiger partial charge in [0, 0.05) is 19.4 Å². The summed E-state index contributed by atoms with van der Waals surface area (Å²) in [6.07, 6.45) is 2.94. The predicted octanol–water partition coefficient (Wildman–Crippen LogP) is 1.24. The van der Waals surface area contributed by atoms with Gasteiger partial charge in [-0.3, -0.25) is 4.79 Å². The monoisotopic (exact) mass is 192 g/mol. The van der Waals surface area contributed by atoms with Crippen LogP contribution in [0.1, 0.15) is 18.6 Å². The largest absolute Gasteiger partial charge is 0.469 e. The van der Waals surface area contributed by atoms with Crippen molar-refractivity contribution in [1.82, 2.24) is 5.32 Å². The number of nitriles is 1. The highest BCUT2D eigenvalue weighted by Gasteiger charge is 2.02. The molecule has 0 saturated heterocycles. The average Bonchev–Trinajstić information content (AvgIpc) is 2.68. The van der Waals surface area contributed by atoms with Crippen LogP contribution in [-0.2, 0) is 11.2 Å². The molecule has 0 atom stereocenters. The molecule has 14 heavy (non-hydrogen) atoms. The molecule has 1 aromatic heterocycles. The fourth-order valence-corrected chi connectivity index (χ4v) is 1.04. The lowest BCUT2D eigenvalue weighted by molar-refractivity contribution is -0.121. The molecule has 0 aliphatic carbocycles. The van der Waals surface area contributed by atoms with Crippen LogP contribution in [-0.4, -0.2) is 12.5 Å². The molecule has 0 fully saturated rings. The van der Waals surface area contributed by atoms with Gasteiger partial charge >= 0.3 is 0 Å². The van der Waals surface area contributed by atoms with Crippen molar-refractivity contribution in [3.63, 3.8) is 0 Å². The molecule has 1 heterocycles. The van der Waals surface area contributed by atoms with E-state index in [2.05, 4.69) is 5.32 Å². The van der Waals surface area contributed by atoms with E-state index in [1.807, 2.05) is 12.1 Å². The summed E-state index contributed by atoms with van der Waals surface area (Å²) < 4.78 is 5.08. The molecule has 1 rings (SSSR count). The van der Waals surface area contributed by atoms with Crippen molar-refractivity contribution < 1.29 is 9.21 Å². The van der Waals surface area contributed by atoms with E-state index in [-0.39, 0.29) is 5.91 Å². The van der Waals surface area contributed by atoms with E-state index < -0.39 is 0 Å². The lowest BCUT2D eigenvalue weighted by Gasteiger charge is -2.00. The van der Waals surface area contributed by atoms with Gasteiger partial charge < -0.3 is 9.73 Å². The highest BCUT2D eigenvalue weighted by Crippen LogP contribution is 2.02. The maximum atomic E-state index is 11.2. The molecule has 0 radical (unpaired) electrons. The van der Waals surface area contributed by atoms with E-state index in [1.54, 1.807) is 12.3 Å². The summed E-state index contributed by atoms with van der Waals surface area (Å²) in [5.41, 5.74) is 0. The number of hydrogen-bond donors (Lipinski definition) is 1. The highest BCUT2D eigenvalue weighted by molar-refractivity contribution is 5.76. The third-order valence-corrected chi connectivity index (χ3v) is 1.74. The summed E-state index contributed by atoms with van der Waals surface area (Å²) in [6.45, 7) is 0.424. The molecule has 0 unspecified atom stereocenters. The van der Waals surface area contributed by atoms with Gasteiger partial charge in [0.1, 0.15) is 5.76 Å². The summed E-state index contributed by atoms with van der Waals surface area (Å²) in [5, 5.41) is 10.9. The first-order chi connectivity index (χ1) is 6.83. The molecular formula is C10H12N2O2. The number of carbonyl (C=O) groups excluding carboxylic acids is 1. The lowest BCUT2D eigenvalue weighted by Crippen LogP contribution is -2.24. The minimum absolute atomic E-state index is 0.0448. The molecular weight excluding hydrogens is 180 g/mol. The fraction of sp³-hybridized carbons (Fsp3) is 0.400. The standard InChI is InChI=1S/C10H12N2O2/c11-6-2-7-12-10(13)5-4-9-3-1-8-14-9/h1,3,8H,2,4-5,7H2,(H,12,13). The Balaban J connectivity index is 2.13. The summed E-state index contributed by atoms with van der Waals surface area (Å²) in [6, 6.07) is 5.59. The van der Waals surface area contributed by atoms with Gasteiger partial charge in [0.2, 0.25) is 5.91 Å².